The molecule has 0 aliphatic rings. The van der Waals surface area contributed by atoms with Crippen molar-refractivity contribution in [1.82, 2.24) is 10.9 Å². The van der Waals surface area contributed by atoms with Crippen LogP contribution in [0.15, 0.2) is 48.5 Å². The first-order valence-corrected chi connectivity index (χ1v) is 9.18. The fraction of sp³-hybridized carbons (Fsp3) is 0.286. The molecule has 2 aromatic carbocycles. The van der Waals surface area contributed by atoms with E-state index < -0.39 is 5.91 Å². The Morgan fingerprint density at radius 1 is 0.897 bits per heavy atom. The molecule has 2 rings (SSSR count). The molecule has 152 valence electrons. The van der Waals surface area contributed by atoms with Gasteiger partial charge in [0.05, 0.1) is 18.8 Å². The maximum absolute atomic E-state index is 11.8. The van der Waals surface area contributed by atoms with E-state index >= 15 is 0 Å². The van der Waals surface area contributed by atoms with Gasteiger partial charge in [-0.25, -0.2) is 0 Å². The van der Waals surface area contributed by atoms with Crippen molar-refractivity contribution in [3.8, 4) is 23.3 Å². The van der Waals surface area contributed by atoms with E-state index in [1.807, 2.05) is 31.2 Å². The van der Waals surface area contributed by atoms with E-state index in [1.165, 1.54) is 0 Å². The molecule has 8 nitrogen and oxygen atoms in total. The van der Waals surface area contributed by atoms with Crippen LogP contribution >= 0.6 is 0 Å². The van der Waals surface area contributed by atoms with Gasteiger partial charge in [0.25, 0.3) is 5.91 Å². The van der Waals surface area contributed by atoms with E-state index in [4.69, 9.17) is 19.5 Å². The Hall–Kier alpha value is -3.73. The van der Waals surface area contributed by atoms with Gasteiger partial charge in [-0.05, 0) is 37.6 Å². The maximum Gasteiger partial charge on any atom is 0.276 e. The summed E-state index contributed by atoms with van der Waals surface area (Å²) in [4.78, 5) is 23.6. The van der Waals surface area contributed by atoms with Gasteiger partial charge in [0.15, 0.2) is 18.1 Å². The smallest absolute Gasteiger partial charge is 0.276 e. The summed E-state index contributed by atoms with van der Waals surface area (Å²) in [7, 11) is 0. The van der Waals surface area contributed by atoms with E-state index in [1.54, 1.807) is 30.3 Å². The number of amides is 2. The summed E-state index contributed by atoms with van der Waals surface area (Å²) in [5.74, 6) is 0.703. The Morgan fingerprint density at radius 2 is 1.52 bits per heavy atom. The normalized spacial score (nSPS) is 9.79. The lowest BCUT2D eigenvalue weighted by atomic mass is 10.2. The average Bonchev–Trinajstić information content (AvgIpc) is 2.75. The van der Waals surface area contributed by atoms with Crippen LogP contribution in [0, 0.1) is 11.3 Å². The van der Waals surface area contributed by atoms with Gasteiger partial charge >= 0.3 is 0 Å². The van der Waals surface area contributed by atoms with Crippen molar-refractivity contribution in [2.45, 2.75) is 19.8 Å². The zero-order valence-electron chi connectivity index (χ0n) is 16.1. The van der Waals surface area contributed by atoms with Gasteiger partial charge in [-0.2, -0.15) is 5.26 Å². The minimum atomic E-state index is -0.534. The molecule has 2 aromatic rings. The molecule has 2 amide bonds. The zero-order valence-corrected chi connectivity index (χ0v) is 16.1. The zero-order chi connectivity index (χ0) is 20.9. The molecular weight excluding hydrogens is 374 g/mol. The van der Waals surface area contributed by atoms with Crippen LogP contribution in [0.25, 0.3) is 0 Å². The van der Waals surface area contributed by atoms with Gasteiger partial charge in [-0.3, -0.25) is 20.4 Å². The van der Waals surface area contributed by atoms with Crippen molar-refractivity contribution in [3.63, 3.8) is 0 Å². The van der Waals surface area contributed by atoms with Gasteiger partial charge in [0.2, 0.25) is 5.91 Å². The van der Waals surface area contributed by atoms with Crippen molar-refractivity contribution >= 4 is 11.8 Å². The lowest BCUT2D eigenvalue weighted by molar-refractivity contribution is -0.130. The van der Waals surface area contributed by atoms with Crippen molar-refractivity contribution < 1.29 is 23.8 Å². The SMILES string of the molecule is CCOc1ccccc1OCCCC(=O)NNC(=O)COc1ccccc1C#N. The number of benzene rings is 2. The summed E-state index contributed by atoms with van der Waals surface area (Å²) in [5, 5.41) is 8.97. The number of rotatable bonds is 10. The van der Waals surface area contributed by atoms with E-state index in [-0.39, 0.29) is 18.9 Å². The number of hydrogen-bond acceptors (Lipinski definition) is 6. The van der Waals surface area contributed by atoms with E-state index in [0.717, 1.165) is 0 Å². The van der Waals surface area contributed by atoms with Crippen molar-refractivity contribution in [3.05, 3.63) is 54.1 Å². The number of carbonyl (C=O) groups is 2. The molecule has 0 unspecified atom stereocenters. The number of nitrogens with one attached hydrogen (secondary N) is 2. The summed E-state index contributed by atoms with van der Waals surface area (Å²) in [6.45, 7) is 2.44. The fourth-order valence-electron chi connectivity index (χ4n) is 2.33. The molecule has 0 heterocycles. The Balaban J connectivity index is 1.63. The van der Waals surface area contributed by atoms with Gasteiger partial charge in [0, 0.05) is 6.42 Å². The molecule has 2 N–H and O–H groups in total. The van der Waals surface area contributed by atoms with E-state index in [2.05, 4.69) is 10.9 Å². The van der Waals surface area contributed by atoms with Crippen LogP contribution in [0.4, 0.5) is 0 Å². The second kappa shape index (κ2) is 11.9. The minimum absolute atomic E-state index is 0.176. The molecule has 8 heteroatoms. The molecular formula is C21H23N3O5. The number of ether oxygens (including phenoxy) is 3. The molecule has 0 aromatic heterocycles. The monoisotopic (exact) mass is 397 g/mol. The quantitative estimate of drug-likeness (QED) is 0.470. The highest BCUT2D eigenvalue weighted by atomic mass is 16.5. The lowest BCUT2D eigenvalue weighted by Crippen LogP contribution is -2.43. The largest absolute Gasteiger partial charge is 0.490 e. The maximum atomic E-state index is 11.8. The van der Waals surface area contributed by atoms with Crippen LogP contribution in [-0.4, -0.2) is 31.6 Å². The van der Waals surface area contributed by atoms with E-state index in [0.29, 0.717) is 42.4 Å². The van der Waals surface area contributed by atoms with Crippen LogP contribution in [0.3, 0.4) is 0 Å². The third-order valence-corrected chi connectivity index (χ3v) is 3.66. The van der Waals surface area contributed by atoms with Gasteiger partial charge in [-0.1, -0.05) is 24.3 Å². The molecule has 0 saturated carbocycles. The topological polar surface area (TPSA) is 110 Å². The second-order valence-corrected chi connectivity index (χ2v) is 5.82. The second-order valence-electron chi connectivity index (χ2n) is 5.82. The minimum Gasteiger partial charge on any atom is -0.490 e. The lowest BCUT2D eigenvalue weighted by Gasteiger charge is -2.12. The molecule has 0 radical (unpaired) electrons. The van der Waals surface area contributed by atoms with Gasteiger partial charge in [-0.15, -0.1) is 0 Å². The molecule has 0 aliphatic carbocycles. The summed E-state index contributed by atoms with van der Waals surface area (Å²) in [5.41, 5.74) is 4.91. The molecule has 0 fully saturated rings. The van der Waals surface area contributed by atoms with Crippen LogP contribution < -0.4 is 25.1 Å². The summed E-state index contributed by atoms with van der Waals surface area (Å²) in [6, 6.07) is 15.9. The van der Waals surface area contributed by atoms with Gasteiger partial charge < -0.3 is 14.2 Å². The highest BCUT2D eigenvalue weighted by Gasteiger charge is 2.08. The molecule has 29 heavy (non-hydrogen) atoms. The Bertz CT molecular complexity index is 863. The predicted molar refractivity (Wildman–Crippen MR) is 105 cm³/mol. The van der Waals surface area contributed by atoms with Crippen LogP contribution in [0.2, 0.25) is 0 Å². The molecule has 0 saturated heterocycles. The standard InChI is InChI=1S/C21H23N3O5/c1-2-27-18-10-5-6-11-19(18)28-13-7-12-20(25)23-24-21(26)15-29-17-9-4-3-8-16(17)14-22/h3-6,8-11H,2,7,12-13,15H2,1H3,(H,23,25)(H,24,26). The number of hydrazine groups is 1. The number of para-hydroxylation sites is 3. The first-order valence-electron chi connectivity index (χ1n) is 9.18. The van der Waals surface area contributed by atoms with Crippen LogP contribution in [0.1, 0.15) is 25.3 Å². The summed E-state index contributed by atoms with van der Waals surface area (Å²) >= 11 is 0. The number of hydrogen-bond donors (Lipinski definition) is 2. The third kappa shape index (κ3) is 7.42. The van der Waals surface area contributed by atoms with Crippen molar-refractivity contribution in [1.29, 1.82) is 5.26 Å². The number of carbonyl (C=O) groups excluding carboxylic acids is 2. The fourth-order valence-corrected chi connectivity index (χ4v) is 2.33. The van der Waals surface area contributed by atoms with Crippen LogP contribution in [-0.2, 0) is 9.59 Å². The predicted octanol–water partition coefficient (Wildman–Crippen LogP) is 2.34. The van der Waals surface area contributed by atoms with Gasteiger partial charge in [0.1, 0.15) is 11.8 Å². The first-order chi connectivity index (χ1) is 14.1. The summed E-state index contributed by atoms with van der Waals surface area (Å²) in [6.07, 6.45) is 0.642. The average molecular weight is 397 g/mol. The Morgan fingerprint density at radius 3 is 2.21 bits per heavy atom. The Kier molecular flexibility index (Phi) is 8.83. The van der Waals surface area contributed by atoms with Crippen molar-refractivity contribution in [2.24, 2.45) is 0 Å². The Labute approximate surface area is 169 Å². The molecule has 0 bridgehead atoms. The first kappa shape index (κ1) is 21.6. The van der Waals surface area contributed by atoms with Crippen LogP contribution in [0.5, 0.6) is 17.2 Å². The highest BCUT2D eigenvalue weighted by Crippen LogP contribution is 2.26. The molecule has 0 atom stereocenters. The summed E-state index contributed by atoms with van der Waals surface area (Å²) < 4.78 is 16.4. The number of nitriles is 1. The highest BCUT2D eigenvalue weighted by molar-refractivity contribution is 5.82. The third-order valence-electron chi connectivity index (χ3n) is 3.66. The molecule has 0 aliphatic heterocycles. The van der Waals surface area contributed by atoms with Crippen molar-refractivity contribution in [2.75, 3.05) is 19.8 Å². The number of nitrogens with zero attached hydrogens (tertiary/aromatic N) is 1. The molecule has 0 spiro atoms. The van der Waals surface area contributed by atoms with E-state index in [9.17, 15) is 9.59 Å².